The van der Waals surface area contributed by atoms with E-state index in [1.165, 1.54) is 64.8 Å². The van der Waals surface area contributed by atoms with Gasteiger partial charge in [0.2, 0.25) is 0 Å². The van der Waals surface area contributed by atoms with Gasteiger partial charge in [0.05, 0.1) is 0 Å². The molecule has 0 aliphatic carbocycles. The zero-order chi connectivity index (χ0) is 12.1. The minimum absolute atomic E-state index is 0.771. The van der Waals surface area contributed by atoms with Crippen LogP contribution in [0.3, 0.4) is 0 Å². The van der Waals surface area contributed by atoms with Crippen molar-refractivity contribution in [3.05, 3.63) is 0 Å². The van der Waals surface area contributed by atoms with Gasteiger partial charge in [-0.25, -0.2) is 0 Å². The number of nitrogens with zero attached hydrogens (tertiary/aromatic N) is 2. The maximum Gasteiger partial charge on any atom is 0.0224 e. The topological polar surface area (TPSA) is 18.5 Å². The second-order valence-electron chi connectivity index (χ2n) is 5.77. The molecule has 0 aromatic carbocycles. The van der Waals surface area contributed by atoms with Crippen LogP contribution in [0.25, 0.3) is 0 Å². The lowest BCUT2D eigenvalue weighted by atomic mass is 10.1. The first-order chi connectivity index (χ1) is 8.31. The van der Waals surface area contributed by atoms with Crippen molar-refractivity contribution >= 4 is 0 Å². The van der Waals surface area contributed by atoms with Gasteiger partial charge < -0.3 is 10.2 Å². The average Bonchev–Trinajstić information content (AvgIpc) is 2.68. The standard InChI is InChI=1S/C14H29N3/c1-3-13-12-16(2)9-6-10-17(13)14-7-4-5-8-15-11-14/h13-15H,3-12H2,1-2H3. The lowest BCUT2D eigenvalue weighted by Crippen LogP contribution is -2.49. The molecule has 0 amide bonds. The highest BCUT2D eigenvalue weighted by molar-refractivity contribution is 4.85. The lowest BCUT2D eigenvalue weighted by Gasteiger charge is -2.36. The van der Waals surface area contributed by atoms with E-state index >= 15 is 0 Å². The summed E-state index contributed by atoms with van der Waals surface area (Å²) in [6, 6.07) is 1.56. The zero-order valence-electron chi connectivity index (χ0n) is 11.6. The van der Waals surface area contributed by atoms with E-state index in [1.54, 1.807) is 0 Å². The Hall–Kier alpha value is -0.120. The summed E-state index contributed by atoms with van der Waals surface area (Å²) >= 11 is 0. The Balaban J connectivity index is 1.99. The van der Waals surface area contributed by atoms with E-state index in [2.05, 4.69) is 29.1 Å². The first-order valence-electron chi connectivity index (χ1n) is 7.46. The molecule has 2 aliphatic heterocycles. The van der Waals surface area contributed by atoms with Crippen LogP contribution in [0.5, 0.6) is 0 Å². The first-order valence-corrected chi connectivity index (χ1v) is 7.46. The molecule has 2 heterocycles. The highest BCUT2D eigenvalue weighted by Gasteiger charge is 2.28. The summed E-state index contributed by atoms with van der Waals surface area (Å²) in [4.78, 5) is 5.32. The fraction of sp³-hybridized carbons (Fsp3) is 1.00. The number of rotatable bonds is 2. The molecule has 100 valence electrons. The average molecular weight is 239 g/mol. The molecule has 2 unspecified atom stereocenters. The smallest absolute Gasteiger partial charge is 0.0224 e. The molecule has 2 rings (SSSR count). The van der Waals surface area contributed by atoms with Crippen LogP contribution in [0.2, 0.25) is 0 Å². The van der Waals surface area contributed by atoms with Crippen LogP contribution >= 0.6 is 0 Å². The van der Waals surface area contributed by atoms with Crippen molar-refractivity contribution in [2.24, 2.45) is 0 Å². The third kappa shape index (κ3) is 3.67. The number of hydrogen-bond donors (Lipinski definition) is 1. The predicted molar refractivity (Wildman–Crippen MR) is 73.4 cm³/mol. The first kappa shape index (κ1) is 13.3. The molecule has 0 saturated carbocycles. The second-order valence-corrected chi connectivity index (χ2v) is 5.77. The van der Waals surface area contributed by atoms with Crippen LogP contribution in [0, 0.1) is 0 Å². The van der Waals surface area contributed by atoms with E-state index in [0.29, 0.717) is 0 Å². The molecule has 17 heavy (non-hydrogen) atoms. The molecule has 0 aromatic rings. The summed E-state index contributed by atoms with van der Waals surface area (Å²) in [6.45, 7) is 8.61. The van der Waals surface area contributed by atoms with E-state index < -0.39 is 0 Å². The predicted octanol–water partition coefficient (Wildman–Crippen LogP) is 1.54. The Morgan fingerprint density at radius 2 is 2.06 bits per heavy atom. The minimum Gasteiger partial charge on any atom is -0.315 e. The van der Waals surface area contributed by atoms with E-state index in [0.717, 1.165) is 12.1 Å². The SMILES string of the molecule is CCC1CN(C)CCCN1C1CCCCNC1. The Bertz CT molecular complexity index is 212. The van der Waals surface area contributed by atoms with Crippen LogP contribution in [-0.2, 0) is 0 Å². The quantitative estimate of drug-likeness (QED) is 0.789. The lowest BCUT2D eigenvalue weighted by molar-refractivity contribution is 0.122. The van der Waals surface area contributed by atoms with Gasteiger partial charge in [0.25, 0.3) is 0 Å². The summed E-state index contributed by atoms with van der Waals surface area (Å²) in [6.07, 6.45) is 6.79. The van der Waals surface area contributed by atoms with Crippen LogP contribution in [0.4, 0.5) is 0 Å². The minimum atomic E-state index is 0.771. The third-order valence-corrected chi connectivity index (χ3v) is 4.41. The summed E-state index contributed by atoms with van der Waals surface area (Å²) in [7, 11) is 2.28. The van der Waals surface area contributed by atoms with Gasteiger partial charge in [0.15, 0.2) is 0 Å². The molecule has 2 atom stereocenters. The normalized spacial score (nSPS) is 34.2. The molecule has 0 bridgehead atoms. The van der Waals surface area contributed by atoms with E-state index in [4.69, 9.17) is 0 Å². The van der Waals surface area contributed by atoms with Crippen molar-refractivity contribution in [3.63, 3.8) is 0 Å². The summed E-state index contributed by atoms with van der Waals surface area (Å²) in [5, 5.41) is 3.62. The monoisotopic (exact) mass is 239 g/mol. The van der Waals surface area contributed by atoms with Gasteiger partial charge in [-0.2, -0.15) is 0 Å². The Labute approximate surface area is 107 Å². The Morgan fingerprint density at radius 3 is 2.88 bits per heavy atom. The fourth-order valence-electron chi connectivity index (χ4n) is 3.39. The summed E-state index contributed by atoms with van der Waals surface area (Å²) in [5.74, 6) is 0. The van der Waals surface area contributed by atoms with Gasteiger partial charge in [-0.1, -0.05) is 13.3 Å². The van der Waals surface area contributed by atoms with Crippen molar-refractivity contribution in [1.82, 2.24) is 15.1 Å². The van der Waals surface area contributed by atoms with Gasteiger partial charge in [-0.05, 0) is 45.8 Å². The van der Waals surface area contributed by atoms with E-state index in [1.807, 2.05) is 0 Å². The van der Waals surface area contributed by atoms with E-state index in [-0.39, 0.29) is 0 Å². The molecule has 3 nitrogen and oxygen atoms in total. The Kier molecular flexibility index (Phi) is 5.26. The zero-order valence-corrected chi connectivity index (χ0v) is 11.6. The Morgan fingerprint density at radius 1 is 1.18 bits per heavy atom. The molecular weight excluding hydrogens is 210 g/mol. The molecule has 0 radical (unpaired) electrons. The molecule has 2 saturated heterocycles. The van der Waals surface area contributed by atoms with Crippen molar-refractivity contribution in [3.8, 4) is 0 Å². The number of nitrogens with one attached hydrogen (secondary N) is 1. The van der Waals surface area contributed by atoms with Gasteiger partial charge in [-0.15, -0.1) is 0 Å². The second kappa shape index (κ2) is 6.72. The summed E-state index contributed by atoms with van der Waals surface area (Å²) in [5.41, 5.74) is 0. The van der Waals surface area contributed by atoms with Crippen molar-refractivity contribution in [2.45, 2.75) is 51.1 Å². The van der Waals surface area contributed by atoms with E-state index in [9.17, 15) is 0 Å². The molecule has 2 aliphatic rings. The maximum atomic E-state index is 3.62. The summed E-state index contributed by atoms with van der Waals surface area (Å²) < 4.78 is 0. The van der Waals surface area contributed by atoms with Crippen LogP contribution in [0.15, 0.2) is 0 Å². The third-order valence-electron chi connectivity index (χ3n) is 4.41. The molecule has 3 heteroatoms. The van der Waals surface area contributed by atoms with Gasteiger partial charge in [0, 0.05) is 31.7 Å². The molecule has 1 N–H and O–H groups in total. The maximum absolute atomic E-state index is 3.62. The highest BCUT2D eigenvalue weighted by Crippen LogP contribution is 2.19. The molecule has 0 spiro atoms. The van der Waals surface area contributed by atoms with Crippen LogP contribution in [-0.4, -0.2) is 61.7 Å². The molecule has 2 fully saturated rings. The molecule has 0 aromatic heterocycles. The molecular formula is C14H29N3. The van der Waals surface area contributed by atoms with Crippen LogP contribution in [0.1, 0.15) is 39.0 Å². The van der Waals surface area contributed by atoms with Gasteiger partial charge in [-0.3, -0.25) is 4.90 Å². The van der Waals surface area contributed by atoms with Crippen molar-refractivity contribution in [1.29, 1.82) is 0 Å². The fourth-order valence-corrected chi connectivity index (χ4v) is 3.39. The van der Waals surface area contributed by atoms with Crippen molar-refractivity contribution < 1.29 is 0 Å². The van der Waals surface area contributed by atoms with Gasteiger partial charge >= 0.3 is 0 Å². The number of likely N-dealkylation sites (N-methyl/N-ethyl adjacent to an activating group) is 1. The number of hydrogen-bond acceptors (Lipinski definition) is 3. The largest absolute Gasteiger partial charge is 0.315 e. The van der Waals surface area contributed by atoms with Gasteiger partial charge in [0.1, 0.15) is 0 Å². The van der Waals surface area contributed by atoms with Crippen LogP contribution < -0.4 is 5.32 Å². The highest BCUT2D eigenvalue weighted by atomic mass is 15.3. The van der Waals surface area contributed by atoms with Crippen molar-refractivity contribution in [2.75, 3.05) is 39.8 Å².